The van der Waals surface area contributed by atoms with Crippen LogP contribution in [0.25, 0.3) is 10.2 Å². The molecule has 1 fully saturated rings. The van der Waals surface area contributed by atoms with Crippen LogP contribution >= 0.6 is 11.3 Å². The maximum Gasteiger partial charge on any atom is 0.226 e. The minimum Gasteiger partial charge on any atom is -0.366 e. The zero-order valence-corrected chi connectivity index (χ0v) is 13.1. The Morgan fingerprint density at radius 3 is 2.85 bits per heavy atom. The lowest BCUT2D eigenvalue weighted by Crippen LogP contribution is -2.25. The average Bonchev–Trinajstić information content (AvgIpc) is 3.01. The summed E-state index contributed by atoms with van der Waals surface area (Å²) in [7, 11) is 0. The fourth-order valence-electron chi connectivity index (χ4n) is 2.95. The standard InChI is InChI=1S/C15H22N4S/c1-4-16-15-18-13(11-7-8-20-14(11)19-15)17-12-6-5-9(2)10(12)3/h7-10,12H,4-6H2,1-3H3,(H2,16,17,18,19). The fraction of sp³-hybridized carbons (Fsp3) is 0.600. The second kappa shape index (κ2) is 5.56. The van der Waals surface area contributed by atoms with Crippen LogP contribution in [0.1, 0.15) is 33.6 Å². The van der Waals surface area contributed by atoms with Gasteiger partial charge in [-0.3, -0.25) is 0 Å². The number of hydrogen-bond acceptors (Lipinski definition) is 5. The second-order valence-corrected chi connectivity index (χ2v) is 6.62. The third-order valence-corrected chi connectivity index (χ3v) is 5.25. The summed E-state index contributed by atoms with van der Waals surface area (Å²) in [6, 6.07) is 2.64. The molecule has 108 valence electrons. The summed E-state index contributed by atoms with van der Waals surface area (Å²) in [5.74, 6) is 3.20. The topological polar surface area (TPSA) is 49.8 Å². The Hall–Kier alpha value is -1.36. The van der Waals surface area contributed by atoms with Crippen molar-refractivity contribution in [3.05, 3.63) is 11.4 Å². The largest absolute Gasteiger partial charge is 0.366 e. The number of rotatable bonds is 4. The number of nitrogens with one attached hydrogen (secondary N) is 2. The molecule has 2 heterocycles. The highest BCUT2D eigenvalue weighted by molar-refractivity contribution is 7.16. The monoisotopic (exact) mass is 290 g/mol. The Bertz CT molecular complexity index is 595. The molecule has 0 amide bonds. The molecule has 2 aromatic heterocycles. The molecule has 5 heteroatoms. The maximum absolute atomic E-state index is 4.66. The van der Waals surface area contributed by atoms with E-state index in [2.05, 4.69) is 52.8 Å². The molecule has 0 saturated heterocycles. The molecule has 1 saturated carbocycles. The Balaban J connectivity index is 1.91. The van der Waals surface area contributed by atoms with E-state index in [1.165, 1.54) is 12.8 Å². The normalized spacial score (nSPS) is 26.1. The van der Waals surface area contributed by atoms with Crippen LogP contribution in [0.2, 0.25) is 0 Å². The molecule has 4 nitrogen and oxygen atoms in total. The summed E-state index contributed by atoms with van der Waals surface area (Å²) in [5.41, 5.74) is 0. The van der Waals surface area contributed by atoms with Gasteiger partial charge in [0.05, 0.1) is 5.39 Å². The lowest BCUT2D eigenvalue weighted by atomic mass is 9.98. The summed E-state index contributed by atoms with van der Waals surface area (Å²) < 4.78 is 0. The van der Waals surface area contributed by atoms with Crippen LogP contribution in [0, 0.1) is 11.8 Å². The molecule has 0 aromatic carbocycles. The number of nitrogens with zero attached hydrogens (tertiary/aromatic N) is 2. The van der Waals surface area contributed by atoms with E-state index >= 15 is 0 Å². The van der Waals surface area contributed by atoms with E-state index in [-0.39, 0.29) is 0 Å². The van der Waals surface area contributed by atoms with E-state index in [1.807, 2.05) is 0 Å². The smallest absolute Gasteiger partial charge is 0.226 e. The molecule has 0 bridgehead atoms. The second-order valence-electron chi connectivity index (χ2n) is 5.73. The van der Waals surface area contributed by atoms with Crippen LogP contribution in [-0.4, -0.2) is 22.6 Å². The minimum absolute atomic E-state index is 0.525. The third-order valence-electron chi connectivity index (χ3n) is 4.45. The van der Waals surface area contributed by atoms with Crippen molar-refractivity contribution in [2.45, 2.75) is 39.7 Å². The highest BCUT2D eigenvalue weighted by Gasteiger charge is 2.30. The van der Waals surface area contributed by atoms with Gasteiger partial charge < -0.3 is 10.6 Å². The van der Waals surface area contributed by atoms with Crippen molar-refractivity contribution in [2.75, 3.05) is 17.2 Å². The first-order valence-electron chi connectivity index (χ1n) is 7.44. The van der Waals surface area contributed by atoms with Crippen molar-refractivity contribution < 1.29 is 0 Å². The quantitative estimate of drug-likeness (QED) is 0.894. The van der Waals surface area contributed by atoms with Crippen LogP contribution in [0.3, 0.4) is 0 Å². The van der Waals surface area contributed by atoms with E-state index in [1.54, 1.807) is 11.3 Å². The average molecular weight is 290 g/mol. The minimum atomic E-state index is 0.525. The van der Waals surface area contributed by atoms with Crippen LogP contribution < -0.4 is 10.6 Å². The Labute approximate surface area is 124 Å². The van der Waals surface area contributed by atoms with Gasteiger partial charge >= 0.3 is 0 Å². The predicted molar refractivity (Wildman–Crippen MR) is 86.6 cm³/mol. The van der Waals surface area contributed by atoms with Gasteiger partial charge in [-0.1, -0.05) is 13.8 Å². The number of hydrogen-bond donors (Lipinski definition) is 2. The molecular formula is C15H22N4S. The fourth-order valence-corrected chi connectivity index (χ4v) is 3.71. The molecule has 0 aliphatic heterocycles. The highest BCUT2D eigenvalue weighted by Crippen LogP contribution is 2.35. The molecule has 1 aliphatic rings. The van der Waals surface area contributed by atoms with Gasteiger partial charge in [-0.05, 0) is 43.0 Å². The first-order chi connectivity index (χ1) is 9.69. The number of aromatic nitrogens is 2. The Kier molecular flexibility index (Phi) is 3.78. The van der Waals surface area contributed by atoms with Crippen molar-refractivity contribution in [1.82, 2.24) is 9.97 Å². The molecule has 2 N–H and O–H groups in total. The van der Waals surface area contributed by atoms with Crippen molar-refractivity contribution in [2.24, 2.45) is 11.8 Å². The van der Waals surface area contributed by atoms with Gasteiger partial charge in [-0.15, -0.1) is 11.3 Å². The van der Waals surface area contributed by atoms with Gasteiger partial charge in [0.2, 0.25) is 5.95 Å². The molecule has 3 atom stereocenters. The van der Waals surface area contributed by atoms with Gasteiger partial charge in [-0.25, -0.2) is 4.98 Å². The molecule has 3 unspecified atom stereocenters. The van der Waals surface area contributed by atoms with E-state index in [0.717, 1.165) is 34.4 Å². The summed E-state index contributed by atoms with van der Waals surface area (Å²) in [6.45, 7) is 7.59. The van der Waals surface area contributed by atoms with Crippen LogP contribution in [0.15, 0.2) is 11.4 Å². The molecule has 1 aliphatic carbocycles. The first-order valence-corrected chi connectivity index (χ1v) is 8.32. The summed E-state index contributed by atoms with van der Waals surface area (Å²) in [6.07, 6.45) is 2.53. The lowest BCUT2D eigenvalue weighted by Gasteiger charge is -2.21. The lowest BCUT2D eigenvalue weighted by molar-refractivity contribution is 0.435. The molecule has 3 rings (SSSR count). The Morgan fingerprint density at radius 2 is 2.15 bits per heavy atom. The van der Waals surface area contributed by atoms with E-state index in [0.29, 0.717) is 12.0 Å². The van der Waals surface area contributed by atoms with Gasteiger partial charge in [0.1, 0.15) is 10.6 Å². The molecule has 20 heavy (non-hydrogen) atoms. The van der Waals surface area contributed by atoms with Crippen molar-refractivity contribution in [3.8, 4) is 0 Å². The summed E-state index contributed by atoms with van der Waals surface area (Å²) >= 11 is 1.67. The SMILES string of the molecule is CCNc1nc(NC2CCC(C)C2C)c2ccsc2n1. The molecule has 0 spiro atoms. The summed E-state index contributed by atoms with van der Waals surface area (Å²) in [4.78, 5) is 10.3. The molecule has 2 aromatic rings. The third kappa shape index (κ3) is 2.46. The zero-order chi connectivity index (χ0) is 14.1. The van der Waals surface area contributed by atoms with Crippen LogP contribution in [0.4, 0.5) is 11.8 Å². The van der Waals surface area contributed by atoms with E-state index < -0.39 is 0 Å². The van der Waals surface area contributed by atoms with E-state index in [4.69, 9.17) is 0 Å². The van der Waals surface area contributed by atoms with Gasteiger partial charge in [-0.2, -0.15) is 4.98 Å². The summed E-state index contributed by atoms with van der Waals surface area (Å²) in [5, 5.41) is 10.1. The molecular weight excluding hydrogens is 268 g/mol. The Morgan fingerprint density at radius 1 is 1.30 bits per heavy atom. The number of anilines is 2. The van der Waals surface area contributed by atoms with Crippen LogP contribution in [-0.2, 0) is 0 Å². The number of fused-ring (bicyclic) bond motifs is 1. The zero-order valence-electron chi connectivity index (χ0n) is 12.3. The van der Waals surface area contributed by atoms with Gasteiger partial charge in [0, 0.05) is 12.6 Å². The van der Waals surface area contributed by atoms with Crippen molar-refractivity contribution in [3.63, 3.8) is 0 Å². The van der Waals surface area contributed by atoms with Crippen molar-refractivity contribution >= 4 is 33.3 Å². The van der Waals surface area contributed by atoms with Gasteiger partial charge in [0.15, 0.2) is 0 Å². The molecule has 0 radical (unpaired) electrons. The first kappa shape index (κ1) is 13.6. The van der Waals surface area contributed by atoms with Gasteiger partial charge in [0.25, 0.3) is 0 Å². The van der Waals surface area contributed by atoms with Crippen LogP contribution in [0.5, 0.6) is 0 Å². The predicted octanol–water partition coefficient (Wildman–Crippen LogP) is 3.97. The van der Waals surface area contributed by atoms with E-state index in [9.17, 15) is 0 Å². The highest BCUT2D eigenvalue weighted by atomic mass is 32.1. The maximum atomic E-state index is 4.66. The number of thiophene rings is 1. The van der Waals surface area contributed by atoms with Crippen molar-refractivity contribution in [1.29, 1.82) is 0 Å².